The molecule has 2 N–H and O–H groups in total. The van der Waals surface area contributed by atoms with Crippen LogP contribution in [0.25, 0.3) is 0 Å². The molecule has 1 atom stereocenters. The van der Waals surface area contributed by atoms with Gasteiger partial charge in [-0.2, -0.15) is 0 Å². The summed E-state index contributed by atoms with van der Waals surface area (Å²) in [6.07, 6.45) is 1.64. The number of nitrogens with two attached hydrogens (primary N) is 1. The highest BCUT2D eigenvalue weighted by Crippen LogP contribution is 2.27. The maximum atomic E-state index is 12.7. The normalized spacial score (nSPS) is 18.9. The van der Waals surface area contributed by atoms with Crippen LogP contribution in [0.1, 0.15) is 25.8 Å². The van der Waals surface area contributed by atoms with Crippen LogP contribution in [0.5, 0.6) is 0 Å². The fourth-order valence-corrected chi connectivity index (χ4v) is 3.84. The van der Waals surface area contributed by atoms with Crippen LogP contribution < -0.4 is 10.6 Å². The van der Waals surface area contributed by atoms with E-state index in [4.69, 9.17) is 5.73 Å². The number of para-hydroxylation sites is 1. The van der Waals surface area contributed by atoms with Crippen LogP contribution in [0.4, 0.5) is 5.69 Å². The molecule has 6 nitrogen and oxygen atoms in total. The molecule has 1 fully saturated rings. The molecule has 1 aromatic carbocycles. The Morgan fingerprint density at radius 2 is 1.77 bits per heavy atom. The van der Waals surface area contributed by atoms with E-state index in [1.54, 1.807) is 0 Å². The number of fused-ring (bicyclic) bond motifs is 1. The molecule has 0 saturated carbocycles. The number of hydrogen-bond acceptors (Lipinski definition) is 4. The Kier molecular flexibility index (Phi) is 5.94. The number of rotatable bonds is 5. The summed E-state index contributed by atoms with van der Waals surface area (Å²) in [5.41, 5.74) is 8.32. The third-order valence-electron chi connectivity index (χ3n) is 5.27. The van der Waals surface area contributed by atoms with Gasteiger partial charge in [0, 0.05) is 38.4 Å². The fourth-order valence-electron chi connectivity index (χ4n) is 3.84. The molecule has 142 valence electrons. The van der Waals surface area contributed by atoms with Gasteiger partial charge in [0.05, 0.1) is 12.6 Å². The summed E-state index contributed by atoms with van der Waals surface area (Å²) in [5, 5.41) is 0. The Balaban J connectivity index is 1.49. The highest BCUT2D eigenvalue weighted by Gasteiger charge is 2.29. The number of piperazine rings is 1. The zero-order chi connectivity index (χ0) is 18.7. The van der Waals surface area contributed by atoms with Gasteiger partial charge < -0.3 is 15.5 Å². The first-order valence-electron chi connectivity index (χ1n) is 9.60. The summed E-state index contributed by atoms with van der Waals surface area (Å²) in [7, 11) is 0. The maximum absolute atomic E-state index is 12.7. The number of carbonyl (C=O) groups is 2. The van der Waals surface area contributed by atoms with Crippen LogP contribution in [-0.4, -0.2) is 66.9 Å². The van der Waals surface area contributed by atoms with E-state index in [2.05, 4.69) is 24.8 Å². The van der Waals surface area contributed by atoms with Crippen LogP contribution in [-0.2, 0) is 16.0 Å². The molecule has 3 rings (SSSR count). The first kappa shape index (κ1) is 18.9. The molecule has 26 heavy (non-hydrogen) atoms. The molecule has 2 amide bonds. The van der Waals surface area contributed by atoms with Gasteiger partial charge in [0.25, 0.3) is 0 Å². The van der Waals surface area contributed by atoms with E-state index in [0.717, 1.165) is 31.7 Å². The van der Waals surface area contributed by atoms with Crippen molar-refractivity contribution in [2.24, 2.45) is 11.7 Å². The minimum Gasteiger partial charge on any atom is -0.339 e. The Morgan fingerprint density at radius 1 is 1.08 bits per heavy atom. The minimum atomic E-state index is -0.413. The first-order chi connectivity index (χ1) is 12.5. The molecule has 0 aromatic heterocycles. The van der Waals surface area contributed by atoms with Crippen LogP contribution in [0.2, 0.25) is 0 Å². The molecule has 6 heteroatoms. The average Bonchev–Trinajstić information content (AvgIpc) is 3.05. The van der Waals surface area contributed by atoms with E-state index in [0.29, 0.717) is 32.0 Å². The molecule has 0 unspecified atom stereocenters. The van der Waals surface area contributed by atoms with E-state index < -0.39 is 6.04 Å². The Hall–Kier alpha value is -1.92. The summed E-state index contributed by atoms with van der Waals surface area (Å²) >= 11 is 0. The zero-order valence-electron chi connectivity index (χ0n) is 15.9. The highest BCUT2D eigenvalue weighted by molar-refractivity contribution is 5.96. The number of benzene rings is 1. The van der Waals surface area contributed by atoms with Crippen molar-refractivity contribution in [1.82, 2.24) is 9.80 Å². The predicted molar refractivity (Wildman–Crippen MR) is 103 cm³/mol. The van der Waals surface area contributed by atoms with Gasteiger partial charge in [-0.1, -0.05) is 32.0 Å². The number of nitrogens with zero attached hydrogens (tertiary/aromatic N) is 3. The molecule has 0 aliphatic carbocycles. The first-order valence-corrected chi connectivity index (χ1v) is 9.60. The lowest BCUT2D eigenvalue weighted by molar-refractivity contribution is -0.134. The van der Waals surface area contributed by atoms with Gasteiger partial charge in [-0.25, -0.2) is 0 Å². The van der Waals surface area contributed by atoms with Crippen molar-refractivity contribution in [3.63, 3.8) is 0 Å². The predicted octanol–water partition coefficient (Wildman–Crippen LogP) is 1.09. The van der Waals surface area contributed by atoms with E-state index in [1.807, 2.05) is 28.0 Å². The van der Waals surface area contributed by atoms with Crippen molar-refractivity contribution >= 4 is 17.5 Å². The standard InChI is InChI=1S/C20H30N4O2/c1-15(2)13-17(21)20(26)23-11-9-22(10-12-23)14-19(25)24-8-7-16-5-3-4-6-18(16)24/h3-6,15,17H,7-14,21H2,1-2H3/t17-/m0/s1. The lowest BCUT2D eigenvalue weighted by Gasteiger charge is -2.36. The summed E-state index contributed by atoms with van der Waals surface area (Å²) in [4.78, 5) is 31.0. The van der Waals surface area contributed by atoms with Crippen molar-refractivity contribution in [1.29, 1.82) is 0 Å². The van der Waals surface area contributed by atoms with E-state index >= 15 is 0 Å². The summed E-state index contributed by atoms with van der Waals surface area (Å²) in [6, 6.07) is 7.70. The third-order valence-corrected chi connectivity index (χ3v) is 5.27. The zero-order valence-corrected chi connectivity index (χ0v) is 15.9. The fraction of sp³-hybridized carbons (Fsp3) is 0.600. The van der Waals surface area contributed by atoms with Crippen molar-refractivity contribution in [3.8, 4) is 0 Å². The summed E-state index contributed by atoms with van der Waals surface area (Å²) in [5.74, 6) is 0.598. The minimum absolute atomic E-state index is 0.0400. The van der Waals surface area contributed by atoms with Gasteiger partial charge in [0.1, 0.15) is 0 Å². The van der Waals surface area contributed by atoms with Gasteiger partial charge in [-0.05, 0) is 30.4 Å². The van der Waals surface area contributed by atoms with Crippen molar-refractivity contribution in [2.45, 2.75) is 32.7 Å². The van der Waals surface area contributed by atoms with Crippen LogP contribution in [0.3, 0.4) is 0 Å². The second kappa shape index (κ2) is 8.18. The molecule has 1 saturated heterocycles. The van der Waals surface area contributed by atoms with Crippen molar-refractivity contribution in [2.75, 3.05) is 44.2 Å². The largest absolute Gasteiger partial charge is 0.339 e. The Bertz CT molecular complexity index is 653. The quantitative estimate of drug-likeness (QED) is 0.856. The van der Waals surface area contributed by atoms with Crippen LogP contribution >= 0.6 is 0 Å². The highest BCUT2D eigenvalue weighted by atomic mass is 16.2. The molecular weight excluding hydrogens is 328 g/mol. The molecule has 1 aromatic rings. The van der Waals surface area contributed by atoms with Gasteiger partial charge in [-0.15, -0.1) is 0 Å². The molecule has 0 spiro atoms. The number of anilines is 1. The maximum Gasteiger partial charge on any atom is 0.241 e. The van der Waals surface area contributed by atoms with Crippen molar-refractivity contribution in [3.05, 3.63) is 29.8 Å². The molecule has 0 radical (unpaired) electrons. The van der Waals surface area contributed by atoms with E-state index in [9.17, 15) is 9.59 Å². The second-order valence-corrected chi connectivity index (χ2v) is 7.76. The topological polar surface area (TPSA) is 69.9 Å². The second-order valence-electron chi connectivity index (χ2n) is 7.76. The van der Waals surface area contributed by atoms with E-state index in [-0.39, 0.29) is 11.8 Å². The summed E-state index contributed by atoms with van der Waals surface area (Å²) in [6.45, 7) is 8.07. The summed E-state index contributed by atoms with van der Waals surface area (Å²) < 4.78 is 0. The molecule has 2 aliphatic heterocycles. The van der Waals surface area contributed by atoms with Crippen LogP contribution in [0.15, 0.2) is 24.3 Å². The van der Waals surface area contributed by atoms with Gasteiger partial charge >= 0.3 is 0 Å². The average molecular weight is 358 g/mol. The van der Waals surface area contributed by atoms with E-state index in [1.165, 1.54) is 5.56 Å². The third kappa shape index (κ3) is 4.24. The molecule has 2 aliphatic rings. The SMILES string of the molecule is CC(C)C[C@H](N)C(=O)N1CCN(CC(=O)N2CCc3ccccc32)CC1. The van der Waals surface area contributed by atoms with Crippen molar-refractivity contribution < 1.29 is 9.59 Å². The lowest BCUT2D eigenvalue weighted by Crippen LogP contribution is -2.54. The monoisotopic (exact) mass is 358 g/mol. The Morgan fingerprint density at radius 3 is 2.46 bits per heavy atom. The number of carbonyl (C=O) groups excluding carboxylic acids is 2. The number of hydrogen-bond donors (Lipinski definition) is 1. The van der Waals surface area contributed by atoms with Gasteiger partial charge in [0.2, 0.25) is 11.8 Å². The molecular formula is C20H30N4O2. The smallest absolute Gasteiger partial charge is 0.241 e. The van der Waals surface area contributed by atoms with Crippen LogP contribution in [0, 0.1) is 5.92 Å². The Labute approximate surface area is 155 Å². The molecule has 0 bridgehead atoms. The van der Waals surface area contributed by atoms with Gasteiger partial charge in [-0.3, -0.25) is 14.5 Å². The van der Waals surface area contributed by atoms with Gasteiger partial charge in [0.15, 0.2) is 0 Å². The number of amides is 2. The lowest BCUT2D eigenvalue weighted by atomic mass is 10.0. The molecule has 2 heterocycles.